The third kappa shape index (κ3) is 4.09. The summed E-state index contributed by atoms with van der Waals surface area (Å²) in [5, 5.41) is 10.6. The van der Waals surface area contributed by atoms with E-state index in [1.54, 1.807) is 0 Å². The van der Waals surface area contributed by atoms with Crippen molar-refractivity contribution in [3.63, 3.8) is 0 Å². The predicted molar refractivity (Wildman–Crippen MR) is 78.5 cm³/mol. The van der Waals surface area contributed by atoms with Crippen LogP contribution < -0.4 is 0 Å². The lowest BCUT2D eigenvalue weighted by Crippen LogP contribution is -2.53. The van der Waals surface area contributed by atoms with Gasteiger partial charge >= 0.3 is 0 Å². The van der Waals surface area contributed by atoms with Crippen molar-refractivity contribution in [3.8, 4) is 0 Å². The third-order valence-corrected chi connectivity index (χ3v) is 3.41. The number of Topliss-reactive ketones (excluding diaryl/α,β-unsaturated/α-hetero) is 1. The number of nitro benzene ring substituents is 1. The summed E-state index contributed by atoms with van der Waals surface area (Å²) in [6, 6.07) is 5.74. The van der Waals surface area contributed by atoms with E-state index < -0.39 is 4.92 Å². The van der Waals surface area contributed by atoms with E-state index in [2.05, 4.69) is 4.90 Å². The van der Waals surface area contributed by atoms with E-state index in [1.165, 1.54) is 24.3 Å². The van der Waals surface area contributed by atoms with Gasteiger partial charge in [0.05, 0.1) is 23.2 Å². The van der Waals surface area contributed by atoms with Crippen LogP contribution in [0.25, 0.3) is 0 Å². The second-order valence-electron chi connectivity index (χ2n) is 6.08. The van der Waals surface area contributed by atoms with E-state index in [1.807, 2.05) is 20.8 Å². The highest BCUT2D eigenvalue weighted by atomic mass is 16.6. The fraction of sp³-hybridized carbons (Fsp3) is 0.533. The van der Waals surface area contributed by atoms with Gasteiger partial charge in [0, 0.05) is 30.8 Å². The van der Waals surface area contributed by atoms with E-state index in [-0.39, 0.29) is 23.2 Å². The van der Waals surface area contributed by atoms with Crippen LogP contribution in [0.1, 0.15) is 31.1 Å². The van der Waals surface area contributed by atoms with E-state index in [0.717, 1.165) is 0 Å². The second kappa shape index (κ2) is 5.91. The van der Waals surface area contributed by atoms with Crippen molar-refractivity contribution >= 4 is 11.5 Å². The van der Waals surface area contributed by atoms with Gasteiger partial charge in [0.1, 0.15) is 0 Å². The first-order valence-corrected chi connectivity index (χ1v) is 6.95. The summed E-state index contributed by atoms with van der Waals surface area (Å²) >= 11 is 0. The van der Waals surface area contributed by atoms with Crippen molar-refractivity contribution in [1.29, 1.82) is 0 Å². The van der Waals surface area contributed by atoms with Crippen LogP contribution in [0.15, 0.2) is 24.3 Å². The summed E-state index contributed by atoms with van der Waals surface area (Å²) in [5.41, 5.74) is 0.221. The number of nitrogens with zero attached hydrogens (tertiary/aromatic N) is 2. The minimum absolute atomic E-state index is 0.00678. The summed E-state index contributed by atoms with van der Waals surface area (Å²) < 4.78 is 5.81. The number of carbonyl (C=O) groups excluding carboxylic acids is 1. The molecule has 1 fully saturated rings. The Morgan fingerprint density at radius 2 is 2.05 bits per heavy atom. The van der Waals surface area contributed by atoms with Gasteiger partial charge in [0.2, 0.25) is 0 Å². The number of ether oxygens (including phenoxy) is 1. The topological polar surface area (TPSA) is 72.7 Å². The fourth-order valence-electron chi connectivity index (χ4n) is 2.77. The van der Waals surface area contributed by atoms with Crippen molar-refractivity contribution in [1.82, 2.24) is 4.90 Å². The molecule has 1 heterocycles. The zero-order valence-electron chi connectivity index (χ0n) is 12.5. The first-order chi connectivity index (χ1) is 9.77. The van der Waals surface area contributed by atoms with E-state index in [0.29, 0.717) is 25.2 Å². The highest BCUT2D eigenvalue weighted by Gasteiger charge is 2.32. The molecule has 1 aromatic carbocycles. The molecule has 1 aliphatic rings. The molecule has 1 aromatic rings. The van der Waals surface area contributed by atoms with Gasteiger partial charge in [-0.25, -0.2) is 0 Å². The number of carbonyl (C=O) groups is 1. The summed E-state index contributed by atoms with van der Waals surface area (Å²) in [4.78, 5) is 24.5. The van der Waals surface area contributed by atoms with Crippen molar-refractivity contribution < 1.29 is 14.5 Å². The molecule has 114 valence electrons. The Hall–Kier alpha value is -1.79. The minimum Gasteiger partial charge on any atom is -0.370 e. The molecular weight excluding hydrogens is 272 g/mol. The van der Waals surface area contributed by atoms with Gasteiger partial charge in [0.25, 0.3) is 5.69 Å². The van der Waals surface area contributed by atoms with Crippen LogP contribution in [0.2, 0.25) is 0 Å². The molecule has 0 aromatic heterocycles. The molecule has 0 N–H and O–H groups in total. The number of hydrogen-bond acceptors (Lipinski definition) is 5. The van der Waals surface area contributed by atoms with Gasteiger partial charge in [-0.15, -0.1) is 0 Å². The molecule has 6 heteroatoms. The molecule has 0 saturated carbocycles. The Labute approximate surface area is 123 Å². The molecule has 1 saturated heterocycles. The maximum Gasteiger partial charge on any atom is 0.269 e. The fourth-order valence-corrected chi connectivity index (χ4v) is 2.77. The number of ketones is 1. The first kappa shape index (κ1) is 15.6. The lowest BCUT2D eigenvalue weighted by Gasteiger charge is -2.41. The van der Waals surface area contributed by atoms with Crippen molar-refractivity contribution in [2.45, 2.75) is 32.5 Å². The molecule has 2 rings (SSSR count). The average Bonchev–Trinajstić information content (AvgIpc) is 2.36. The molecule has 0 aliphatic carbocycles. The van der Waals surface area contributed by atoms with Crippen LogP contribution in [0.3, 0.4) is 0 Å². The van der Waals surface area contributed by atoms with Gasteiger partial charge in [-0.05, 0) is 32.9 Å². The second-order valence-corrected chi connectivity index (χ2v) is 6.08. The molecule has 0 amide bonds. The molecule has 21 heavy (non-hydrogen) atoms. The molecule has 1 aliphatic heterocycles. The lowest BCUT2D eigenvalue weighted by molar-refractivity contribution is -0.384. The van der Waals surface area contributed by atoms with Crippen LogP contribution in [0.5, 0.6) is 0 Å². The molecule has 0 spiro atoms. The number of non-ortho nitro benzene ring substituents is 1. The van der Waals surface area contributed by atoms with Crippen LogP contribution in [-0.2, 0) is 4.74 Å². The maximum absolute atomic E-state index is 12.3. The number of nitro groups is 1. The maximum atomic E-state index is 12.3. The zero-order valence-corrected chi connectivity index (χ0v) is 12.5. The van der Waals surface area contributed by atoms with Crippen LogP contribution >= 0.6 is 0 Å². The van der Waals surface area contributed by atoms with Crippen molar-refractivity contribution in [3.05, 3.63) is 39.9 Å². The van der Waals surface area contributed by atoms with Crippen molar-refractivity contribution in [2.75, 3.05) is 19.6 Å². The Balaban J connectivity index is 2.02. The van der Waals surface area contributed by atoms with E-state index in [4.69, 9.17) is 4.74 Å². The SMILES string of the molecule is CC1CN(CC(=O)c2ccc([N+](=O)[O-])cc2)CC(C)(C)O1. The van der Waals surface area contributed by atoms with E-state index in [9.17, 15) is 14.9 Å². The third-order valence-electron chi connectivity index (χ3n) is 3.41. The van der Waals surface area contributed by atoms with Gasteiger partial charge in [-0.2, -0.15) is 0 Å². The minimum atomic E-state index is -0.472. The largest absolute Gasteiger partial charge is 0.370 e. The number of morpholine rings is 1. The first-order valence-electron chi connectivity index (χ1n) is 6.95. The lowest BCUT2D eigenvalue weighted by atomic mass is 10.0. The Bertz CT molecular complexity index is 539. The van der Waals surface area contributed by atoms with E-state index >= 15 is 0 Å². The summed E-state index contributed by atoms with van der Waals surface area (Å²) in [7, 11) is 0. The molecule has 0 radical (unpaired) electrons. The van der Waals surface area contributed by atoms with Gasteiger partial charge in [0.15, 0.2) is 5.78 Å². The Kier molecular flexibility index (Phi) is 4.39. The Morgan fingerprint density at radius 1 is 1.43 bits per heavy atom. The molecule has 1 atom stereocenters. The van der Waals surface area contributed by atoms with Gasteiger partial charge in [-0.3, -0.25) is 19.8 Å². The average molecular weight is 292 g/mol. The van der Waals surface area contributed by atoms with Gasteiger partial charge < -0.3 is 4.74 Å². The molecule has 6 nitrogen and oxygen atoms in total. The standard InChI is InChI=1S/C15H20N2O4/c1-11-8-16(10-15(2,3)21-11)9-14(18)12-4-6-13(7-5-12)17(19)20/h4-7,11H,8-10H2,1-3H3. The Morgan fingerprint density at radius 3 is 2.57 bits per heavy atom. The summed E-state index contributed by atoms with van der Waals surface area (Å²) in [5.74, 6) is -0.0326. The van der Waals surface area contributed by atoms with Crippen LogP contribution in [0.4, 0.5) is 5.69 Å². The van der Waals surface area contributed by atoms with Gasteiger partial charge in [-0.1, -0.05) is 0 Å². The van der Waals surface area contributed by atoms with Crippen LogP contribution in [0, 0.1) is 10.1 Å². The predicted octanol–water partition coefficient (Wildman–Crippen LogP) is 2.28. The zero-order chi connectivity index (χ0) is 15.6. The summed E-state index contributed by atoms with van der Waals surface area (Å²) in [6.07, 6.45) is 0.0819. The molecule has 0 bridgehead atoms. The monoisotopic (exact) mass is 292 g/mol. The molecule has 1 unspecified atom stereocenters. The number of benzene rings is 1. The molecular formula is C15H20N2O4. The highest BCUT2D eigenvalue weighted by molar-refractivity contribution is 5.97. The number of hydrogen-bond donors (Lipinski definition) is 0. The quantitative estimate of drug-likeness (QED) is 0.483. The summed E-state index contributed by atoms with van der Waals surface area (Å²) in [6.45, 7) is 7.70. The number of rotatable bonds is 4. The van der Waals surface area contributed by atoms with Crippen molar-refractivity contribution in [2.24, 2.45) is 0 Å². The van der Waals surface area contributed by atoms with Crippen LogP contribution in [-0.4, -0.2) is 46.9 Å². The normalized spacial score (nSPS) is 22.0. The highest BCUT2D eigenvalue weighted by Crippen LogP contribution is 2.21. The smallest absolute Gasteiger partial charge is 0.269 e.